The molecule has 0 radical (unpaired) electrons. The molecule has 0 bridgehead atoms. The lowest BCUT2D eigenvalue weighted by atomic mass is 9.95. The fourth-order valence-electron chi connectivity index (χ4n) is 2.27. The zero-order chi connectivity index (χ0) is 14.7. The normalized spacial score (nSPS) is 12.4. The minimum absolute atomic E-state index is 0.161. The van der Waals surface area contributed by atoms with Crippen molar-refractivity contribution in [1.29, 1.82) is 0 Å². The van der Waals surface area contributed by atoms with Gasteiger partial charge in [-0.15, -0.1) is 0 Å². The van der Waals surface area contributed by atoms with Crippen LogP contribution in [0.1, 0.15) is 22.7 Å². The minimum Gasteiger partial charge on any atom is -0.313 e. The summed E-state index contributed by atoms with van der Waals surface area (Å²) in [5.41, 5.74) is 3.44. The summed E-state index contributed by atoms with van der Waals surface area (Å²) in [6.45, 7) is 2.08. The lowest BCUT2D eigenvalue weighted by Crippen LogP contribution is -2.20. The first-order chi connectivity index (χ1) is 9.52. The van der Waals surface area contributed by atoms with Gasteiger partial charge in [0.2, 0.25) is 0 Å². The van der Waals surface area contributed by atoms with Crippen molar-refractivity contribution in [3.8, 4) is 0 Å². The second kappa shape index (κ2) is 6.70. The highest BCUT2D eigenvalue weighted by Crippen LogP contribution is 2.27. The molecule has 106 valence electrons. The Balaban J connectivity index is 2.28. The molecule has 0 aliphatic rings. The fourth-order valence-corrected chi connectivity index (χ4v) is 2.86. The second-order valence-electron chi connectivity index (χ2n) is 4.75. The molecule has 0 aromatic heterocycles. The first-order valence-electron chi connectivity index (χ1n) is 6.39. The Morgan fingerprint density at radius 3 is 2.70 bits per heavy atom. The Morgan fingerprint density at radius 1 is 1.30 bits per heavy atom. The van der Waals surface area contributed by atoms with Crippen LogP contribution in [0.2, 0.25) is 5.02 Å². The number of hydrogen-bond donors (Lipinski definition) is 1. The molecule has 0 aliphatic heterocycles. The molecule has 2 rings (SSSR count). The van der Waals surface area contributed by atoms with Gasteiger partial charge in [-0.3, -0.25) is 0 Å². The number of nitrogens with one attached hydrogen (secondary N) is 1. The molecule has 1 atom stereocenters. The van der Waals surface area contributed by atoms with Crippen LogP contribution in [-0.2, 0) is 6.42 Å². The van der Waals surface area contributed by atoms with Gasteiger partial charge in [0.1, 0.15) is 5.82 Å². The van der Waals surface area contributed by atoms with E-state index < -0.39 is 0 Å². The molecule has 1 nitrogen and oxygen atoms in total. The van der Waals surface area contributed by atoms with Crippen LogP contribution in [0, 0.1) is 12.7 Å². The van der Waals surface area contributed by atoms with Crippen molar-refractivity contribution >= 4 is 27.5 Å². The van der Waals surface area contributed by atoms with Crippen molar-refractivity contribution in [2.45, 2.75) is 19.4 Å². The van der Waals surface area contributed by atoms with E-state index >= 15 is 0 Å². The highest BCUT2D eigenvalue weighted by molar-refractivity contribution is 9.10. The maximum absolute atomic E-state index is 13.2. The quantitative estimate of drug-likeness (QED) is 0.808. The van der Waals surface area contributed by atoms with E-state index in [9.17, 15) is 4.39 Å². The molecule has 0 heterocycles. The largest absolute Gasteiger partial charge is 0.313 e. The van der Waals surface area contributed by atoms with Gasteiger partial charge in [0, 0.05) is 10.5 Å². The first kappa shape index (κ1) is 15.5. The Labute approximate surface area is 132 Å². The van der Waals surface area contributed by atoms with Crippen LogP contribution in [0.4, 0.5) is 4.39 Å². The van der Waals surface area contributed by atoms with Crippen LogP contribution in [0.5, 0.6) is 0 Å². The number of hydrogen-bond acceptors (Lipinski definition) is 1. The van der Waals surface area contributed by atoms with Crippen LogP contribution >= 0.6 is 27.5 Å². The average Bonchev–Trinajstić information content (AvgIpc) is 2.43. The van der Waals surface area contributed by atoms with Gasteiger partial charge in [0.25, 0.3) is 0 Å². The van der Waals surface area contributed by atoms with Gasteiger partial charge < -0.3 is 5.32 Å². The minimum atomic E-state index is -0.380. The van der Waals surface area contributed by atoms with Crippen molar-refractivity contribution in [2.75, 3.05) is 7.05 Å². The van der Waals surface area contributed by atoms with Crippen LogP contribution < -0.4 is 5.32 Å². The summed E-state index contributed by atoms with van der Waals surface area (Å²) in [5.74, 6) is -0.380. The van der Waals surface area contributed by atoms with Crippen LogP contribution in [0.3, 0.4) is 0 Å². The van der Waals surface area contributed by atoms with E-state index in [0.717, 1.165) is 16.5 Å². The van der Waals surface area contributed by atoms with Crippen LogP contribution in [0.15, 0.2) is 40.9 Å². The molecule has 0 saturated heterocycles. The predicted octanol–water partition coefficient (Wildman–Crippen LogP) is 5.05. The molecular weight excluding hydrogens is 341 g/mol. The summed E-state index contributed by atoms with van der Waals surface area (Å²) < 4.78 is 14.3. The van der Waals surface area contributed by atoms with Gasteiger partial charge in [-0.05, 0) is 55.3 Å². The molecular formula is C16H16BrClFN. The number of likely N-dealkylation sites (N-methyl/N-ethyl adjacent to an activating group) is 1. The van der Waals surface area contributed by atoms with Crippen molar-refractivity contribution in [3.63, 3.8) is 0 Å². The molecule has 0 fully saturated rings. The highest BCUT2D eigenvalue weighted by atomic mass is 79.9. The van der Waals surface area contributed by atoms with Gasteiger partial charge in [-0.2, -0.15) is 0 Å². The zero-order valence-corrected chi connectivity index (χ0v) is 13.7. The molecule has 1 N–H and O–H groups in total. The van der Waals surface area contributed by atoms with Gasteiger partial charge in [-0.1, -0.05) is 45.7 Å². The average molecular weight is 357 g/mol. The van der Waals surface area contributed by atoms with Gasteiger partial charge >= 0.3 is 0 Å². The summed E-state index contributed by atoms with van der Waals surface area (Å²) in [7, 11) is 1.93. The fraction of sp³-hybridized carbons (Fsp3) is 0.250. The van der Waals surface area contributed by atoms with Gasteiger partial charge in [-0.25, -0.2) is 4.39 Å². The Morgan fingerprint density at radius 2 is 2.05 bits per heavy atom. The van der Waals surface area contributed by atoms with E-state index in [4.69, 9.17) is 11.6 Å². The SMILES string of the molecule is CNC(Cc1ccc(F)c(Cl)c1)c1cccc(Br)c1C. The molecule has 0 spiro atoms. The monoisotopic (exact) mass is 355 g/mol. The van der Waals surface area contributed by atoms with E-state index in [1.165, 1.54) is 17.2 Å². The third-order valence-electron chi connectivity index (χ3n) is 3.46. The number of benzene rings is 2. The summed E-state index contributed by atoms with van der Waals surface area (Å²) >= 11 is 9.39. The molecule has 0 amide bonds. The second-order valence-corrected chi connectivity index (χ2v) is 6.01. The third-order valence-corrected chi connectivity index (χ3v) is 4.61. The third kappa shape index (κ3) is 3.40. The maximum atomic E-state index is 13.2. The number of halogens is 3. The van der Waals surface area contributed by atoms with Crippen molar-refractivity contribution < 1.29 is 4.39 Å². The Kier molecular flexibility index (Phi) is 5.19. The van der Waals surface area contributed by atoms with E-state index in [1.54, 1.807) is 12.1 Å². The van der Waals surface area contributed by atoms with Crippen molar-refractivity contribution in [3.05, 3.63) is 68.4 Å². The van der Waals surface area contributed by atoms with Gasteiger partial charge in [0.05, 0.1) is 5.02 Å². The summed E-state index contributed by atoms with van der Waals surface area (Å²) in [6.07, 6.45) is 0.758. The maximum Gasteiger partial charge on any atom is 0.141 e. The molecule has 0 aliphatic carbocycles. The van der Waals surface area contributed by atoms with Crippen LogP contribution in [0.25, 0.3) is 0 Å². The molecule has 2 aromatic carbocycles. The summed E-state index contributed by atoms with van der Waals surface area (Å²) in [6, 6.07) is 11.2. The highest BCUT2D eigenvalue weighted by Gasteiger charge is 2.14. The summed E-state index contributed by atoms with van der Waals surface area (Å²) in [4.78, 5) is 0. The van der Waals surface area contributed by atoms with E-state index in [0.29, 0.717) is 0 Å². The lowest BCUT2D eigenvalue weighted by Gasteiger charge is -2.20. The molecule has 20 heavy (non-hydrogen) atoms. The van der Waals surface area contributed by atoms with Crippen LogP contribution in [-0.4, -0.2) is 7.05 Å². The van der Waals surface area contributed by atoms with E-state index in [2.05, 4.69) is 34.2 Å². The van der Waals surface area contributed by atoms with E-state index in [1.807, 2.05) is 19.2 Å². The first-order valence-corrected chi connectivity index (χ1v) is 7.56. The Hall–Kier alpha value is -0.900. The summed E-state index contributed by atoms with van der Waals surface area (Å²) in [5, 5.41) is 3.48. The standard InChI is InChI=1S/C16H16BrClFN/c1-10-12(4-3-5-13(10)17)16(20-2)9-11-6-7-15(19)14(18)8-11/h3-8,16,20H,9H2,1-2H3. The Bertz CT molecular complexity index is 615. The number of rotatable bonds is 4. The van der Waals surface area contributed by atoms with E-state index in [-0.39, 0.29) is 16.9 Å². The van der Waals surface area contributed by atoms with Gasteiger partial charge in [0.15, 0.2) is 0 Å². The molecule has 0 saturated carbocycles. The molecule has 1 unspecified atom stereocenters. The predicted molar refractivity (Wildman–Crippen MR) is 85.8 cm³/mol. The topological polar surface area (TPSA) is 12.0 Å². The zero-order valence-electron chi connectivity index (χ0n) is 11.4. The smallest absolute Gasteiger partial charge is 0.141 e. The molecule has 2 aromatic rings. The van der Waals surface area contributed by atoms with Crippen molar-refractivity contribution in [2.24, 2.45) is 0 Å². The lowest BCUT2D eigenvalue weighted by molar-refractivity contribution is 0.586. The van der Waals surface area contributed by atoms with Crippen molar-refractivity contribution in [1.82, 2.24) is 5.32 Å². The molecule has 4 heteroatoms.